The lowest BCUT2D eigenvalue weighted by atomic mass is 10.0. The molecule has 0 atom stereocenters. The van der Waals surface area contributed by atoms with Gasteiger partial charge in [0, 0.05) is 6.42 Å². The molecule has 2 aromatic rings. The fourth-order valence-corrected chi connectivity index (χ4v) is 2.93. The zero-order valence-corrected chi connectivity index (χ0v) is 12.6. The van der Waals surface area contributed by atoms with Crippen LogP contribution in [0.3, 0.4) is 0 Å². The minimum Gasteiger partial charge on any atom is -0.349 e. The van der Waals surface area contributed by atoms with E-state index in [9.17, 15) is 4.79 Å². The van der Waals surface area contributed by atoms with Crippen LogP contribution in [0.4, 0.5) is 0 Å². The third-order valence-electron chi connectivity index (χ3n) is 4.10. The third-order valence-corrected chi connectivity index (χ3v) is 4.10. The Morgan fingerprint density at radius 2 is 2.00 bits per heavy atom. The number of carbonyl (C=O) groups is 1. The molecule has 116 valence electrons. The molecule has 0 aliphatic heterocycles. The van der Waals surface area contributed by atoms with E-state index in [2.05, 4.69) is 15.5 Å². The van der Waals surface area contributed by atoms with E-state index in [-0.39, 0.29) is 5.91 Å². The quantitative estimate of drug-likeness (QED) is 0.890. The molecule has 5 nitrogen and oxygen atoms in total. The first-order valence-electron chi connectivity index (χ1n) is 7.91. The van der Waals surface area contributed by atoms with Gasteiger partial charge in [0.1, 0.15) is 0 Å². The van der Waals surface area contributed by atoms with E-state index < -0.39 is 0 Å². The predicted molar refractivity (Wildman–Crippen MR) is 82.0 cm³/mol. The molecular weight excluding hydrogens is 278 g/mol. The molecule has 1 amide bonds. The Hall–Kier alpha value is -2.17. The number of nitrogens with zero attached hydrogens (tertiary/aromatic N) is 2. The zero-order chi connectivity index (χ0) is 15.2. The summed E-state index contributed by atoms with van der Waals surface area (Å²) in [6.45, 7) is 0.337. The monoisotopic (exact) mass is 299 g/mol. The minimum absolute atomic E-state index is 0.0845. The highest BCUT2D eigenvalue weighted by atomic mass is 16.5. The Balaban J connectivity index is 1.46. The van der Waals surface area contributed by atoms with Gasteiger partial charge in [-0.25, -0.2) is 0 Å². The molecule has 0 unspecified atom stereocenters. The van der Waals surface area contributed by atoms with E-state index in [1.54, 1.807) is 0 Å². The fraction of sp³-hybridized carbons (Fsp3) is 0.471. The van der Waals surface area contributed by atoms with Gasteiger partial charge in [0.2, 0.25) is 11.8 Å². The van der Waals surface area contributed by atoms with Gasteiger partial charge in [0.25, 0.3) is 0 Å². The molecule has 1 fully saturated rings. The average Bonchev–Trinajstić information content (AvgIpc) is 3.18. The first-order chi connectivity index (χ1) is 10.8. The van der Waals surface area contributed by atoms with Crippen molar-refractivity contribution in [3.63, 3.8) is 0 Å². The Bertz CT molecular complexity index is 603. The van der Waals surface area contributed by atoms with Crippen LogP contribution in [-0.2, 0) is 17.8 Å². The van der Waals surface area contributed by atoms with Crippen LogP contribution in [0.25, 0.3) is 0 Å². The summed E-state index contributed by atoms with van der Waals surface area (Å²) in [5.41, 5.74) is 1.13. The Morgan fingerprint density at radius 3 is 2.77 bits per heavy atom. The summed E-state index contributed by atoms with van der Waals surface area (Å²) in [6, 6.07) is 9.98. The SMILES string of the molecule is O=C(CC1CCCC1)NCc1noc(Cc2ccccc2)n1. The molecule has 0 saturated heterocycles. The maximum atomic E-state index is 11.9. The number of rotatable bonds is 6. The highest BCUT2D eigenvalue weighted by Crippen LogP contribution is 2.27. The van der Waals surface area contributed by atoms with Gasteiger partial charge >= 0.3 is 0 Å². The molecule has 5 heteroatoms. The summed E-state index contributed by atoms with van der Waals surface area (Å²) in [7, 11) is 0. The van der Waals surface area contributed by atoms with Crippen LogP contribution in [0.5, 0.6) is 0 Å². The molecular formula is C17H21N3O2. The molecule has 1 N–H and O–H groups in total. The molecule has 1 aromatic heterocycles. The van der Waals surface area contributed by atoms with Crippen molar-refractivity contribution in [2.24, 2.45) is 5.92 Å². The van der Waals surface area contributed by atoms with Crippen molar-refractivity contribution >= 4 is 5.91 Å². The lowest BCUT2D eigenvalue weighted by molar-refractivity contribution is -0.122. The number of carbonyl (C=O) groups excluding carboxylic acids is 1. The highest BCUT2D eigenvalue weighted by molar-refractivity contribution is 5.76. The molecule has 1 aliphatic rings. The normalized spacial score (nSPS) is 15.1. The summed E-state index contributed by atoms with van der Waals surface area (Å²) < 4.78 is 5.22. The lowest BCUT2D eigenvalue weighted by Crippen LogP contribution is -2.25. The van der Waals surface area contributed by atoms with E-state index in [1.807, 2.05) is 30.3 Å². The number of nitrogens with one attached hydrogen (secondary N) is 1. The van der Waals surface area contributed by atoms with Crippen LogP contribution < -0.4 is 5.32 Å². The average molecular weight is 299 g/mol. The third kappa shape index (κ3) is 4.16. The summed E-state index contributed by atoms with van der Waals surface area (Å²) >= 11 is 0. The standard InChI is InChI=1S/C17H21N3O2/c21-16(10-13-8-4-5-9-13)18-12-15-19-17(22-20-15)11-14-6-2-1-3-7-14/h1-3,6-7,13H,4-5,8-12H2,(H,18,21). The largest absolute Gasteiger partial charge is 0.349 e. The Morgan fingerprint density at radius 1 is 1.23 bits per heavy atom. The van der Waals surface area contributed by atoms with Crippen LogP contribution in [0.15, 0.2) is 34.9 Å². The van der Waals surface area contributed by atoms with Gasteiger partial charge in [-0.3, -0.25) is 4.79 Å². The summed E-state index contributed by atoms with van der Waals surface area (Å²) in [4.78, 5) is 16.2. The second kappa shape index (κ2) is 7.20. The molecule has 0 radical (unpaired) electrons. The van der Waals surface area contributed by atoms with Crippen LogP contribution in [0.2, 0.25) is 0 Å². The topological polar surface area (TPSA) is 68.0 Å². The van der Waals surface area contributed by atoms with E-state index in [4.69, 9.17) is 4.52 Å². The van der Waals surface area contributed by atoms with Crippen LogP contribution in [-0.4, -0.2) is 16.0 Å². The Kier molecular flexibility index (Phi) is 4.83. The van der Waals surface area contributed by atoms with Crippen molar-refractivity contribution in [1.82, 2.24) is 15.5 Å². The van der Waals surface area contributed by atoms with Crippen molar-refractivity contribution < 1.29 is 9.32 Å². The first-order valence-corrected chi connectivity index (χ1v) is 7.91. The molecule has 1 saturated carbocycles. The van der Waals surface area contributed by atoms with Gasteiger partial charge in [-0.1, -0.05) is 48.3 Å². The van der Waals surface area contributed by atoms with Gasteiger partial charge in [-0.05, 0) is 24.3 Å². The molecule has 0 spiro atoms. The molecule has 0 bridgehead atoms. The second-order valence-corrected chi connectivity index (χ2v) is 5.90. The molecule has 1 heterocycles. The smallest absolute Gasteiger partial charge is 0.231 e. The van der Waals surface area contributed by atoms with Gasteiger partial charge < -0.3 is 9.84 Å². The van der Waals surface area contributed by atoms with Crippen molar-refractivity contribution in [3.05, 3.63) is 47.6 Å². The minimum atomic E-state index is 0.0845. The predicted octanol–water partition coefficient (Wildman–Crippen LogP) is 2.86. The summed E-state index contributed by atoms with van der Waals surface area (Å²) in [5, 5.41) is 6.79. The molecule has 22 heavy (non-hydrogen) atoms. The van der Waals surface area contributed by atoms with Gasteiger partial charge in [0.05, 0.1) is 13.0 Å². The van der Waals surface area contributed by atoms with Crippen molar-refractivity contribution in [1.29, 1.82) is 0 Å². The summed E-state index contributed by atoms with van der Waals surface area (Å²) in [5.74, 6) is 1.75. The first kappa shape index (κ1) is 14.8. The maximum absolute atomic E-state index is 11.9. The number of aromatic nitrogens is 2. The number of hydrogen-bond acceptors (Lipinski definition) is 4. The van der Waals surface area contributed by atoms with E-state index in [1.165, 1.54) is 25.7 Å². The van der Waals surface area contributed by atoms with E-state index >= 15 is 0 Å². The summed E-state index contributed by atoms with van der Waals surface area (Å²) in [6.07, 6.45) is 6.10. The maximum Gasteiger partial charge on any atom is 0.231 e. The fourth-order valence-electron chi connectivity index (χ4n) is 2.93. The molecule has 1 aliphatic carbocycles. The van der Waals surface area contributed by atoms with E-state index in [0.717, 1.165) is 5.56 Å². The second-order valence-electron chi connectivity index (χ2n) is 5.90. The number of benzene rings is 1. The number of amides is 1. The van der Waals surface area contributed by atoms with Crippen molar-refractivity contribution in [3.8, 4) is 0 Å². The van der Waals surface area contributed by atoms with Crippen LogP contribution in [0, 0.1) is 5.92 Å². The van der Waals surface area contributed by atoms with Crippen LogP contribution in [0.1, 0.15) is 49.4 Å². The highest BCUT2D eigenvalue weighted by Gasteiger charge is 2.18. The molecule has 3 rings (SSSR count). The lowest BCUT2D eigenvalue weighted by Gasteiger charge is -2.07. The van der Waals surface area contributed by atoms with Gasteiger partial charge in [-0.15, -0.1) is 0 Å². The van der Waals surface area contributed by atoms with Crippen molar-refractivity contribution in [2.75, 3.05) is 0 Å². The number of hydrogen-bond donors (Lipinski definition) is 1. The van der Waals surface area contributed by atoms with E-state index in [0.29, 0.717) is 37.0 Å². The van der Waals surface area contributed by atoms with Crippen molar-refractivity contribution in [2.45, 2.75) is 45.1 Å². The van der Waals surface area contributed by atoms with Gasteiger partial charge in [0.15, 0.2) is 5.82 Å². The zero-order valence-electron chi connectivity index (χ0n) is 12.6. The van der Waals surface area contributed by atoms with Crippen LogP contribution >= 0.6 is 0 Å². The molecule has 1 aromatic carbocycles. The van der Waals surface area contributed by atoms with Gasteiger partial charge in [-0.2, -0.15) is 4.98 Å². The Labute approximate surface area is 130 Å².